The third-order valence-corrected chi connectivity index (χ3v) is 9.81. The van der Waals surface area contributed by atoms with Crippen molar-refractivity contribution in [3.05, 3.63) is 59.7 Å². The van der Waals surface area contributed by atoms with Crippen LogP contribution in [0.25, 0.3) is 11.1 Å². The van der Waals surface area contributed by atoms with Crippen LogP contribution >= 0.6 is 0 Å². The van der Waals surface area contributed by atoms with Gasteiger partial charge in [0, 0.05) is 64.5 Å². The van der Waals surface area contributed by atoms with E-state index in [9.17, 15) is 58.5 Å². The Balaban J connectivity index is 1.53. The standard InChI is InChI=1S/C40H47N3O17/c1-21(44)57-33-34(58-22(2)45)36(59-23(3)46)38(60-35(33)37(54)43-40(16-12-30(48)49,17-13-31(50)51)18-14-32(52)53)42-29(47)15-19-41-39(55)56-20-28-26-10-6-4-8-24(26)25-9-5-7-11-27(25)28/h4-11,28,33-36,38H,12-20H2,1-3H3,(H,41,55)(H,42,47)(H,43,54)(H,48,49)(H,50,51)(H,52,53)/t33-,34-,35-,36+,38+/m0/s1. The van der Waals surface area contributed by atoms with Crippen molar-refractivity contribution in [1.82, 2.24) is 16.0 Å². The molecule has 0 unspecified atom stereocenters. The predicted molar refractivity (Wildman–Crippen MR) is 203 cm³/mol. The van der Waals surface area contributed by atoms with Crippen molar-refractivity contribution in [1.29, 1.82) is 0 Å². The van der Waals surface area contributed by atoms with Crippen LogP contribution < -0.4 is 16.0 Å². The van der Waals surface area contributed by atoms with Crippen molar-refractivity contribution in [3.8, 4) is 11.1 Å². The normalized spacial score (nSPS) is 19.4. The van der Waals surface area contributed by atoms with E-state index in [-0.39, 0.29) is 19.1 Å². The number of rotatable bonds is 20. The minimum absolute atomic E-state index is 0.000729. The Morgan fingerprint density at radius 3 is 1.60 bits per heavy atom. The van der Waals surface area contributed by atoms with Crippen LogP contribution in [0.5, 0.6) is 0 Å². The number of aliphatic carboxylic acids is 3. The van der Waals surface area contributed by atoms with Gasteiger partial charge in [-0.25, -0.2) is 4.79 Å². The number of hydrogen-bond donors (Lipinski definition) is 6. The molecule has 20 nitrogen and oxygen atoms in total. The fraction of sp³-hybridized carbons (Fsp3) is 0.475. The van der Waals surface area contributed by atoms with Gasteiger partial charge in [0.2, 0.25) is 5.91 Å². The summed E-state index contributed by atoms with van der Waals surface area (Å²) < 4.78 is 27.5. The van der Waals surface area contributed by atoms with Gasteiger partial charge in [0.1, 0.15) is 6.61 Å². The molecule has 1 aliphatic carbocycles. The van der Waals surface area contributed by atoms with Gasteiger partial charge in [-0.15, -0.1) is 0 Å². The van der Waals surface area contributed by atoms with E-state index in [2.05, 4.69) is 16.0 Å². The summed E-state index contributed by atoms with van der Waals surface area (Å²) in [6.07, 6.45) is -13.8. The number of ether oxygens (including phenoxy) is 5. The highest BCUT2D eigenvalue weighted by Gasteiger charge is 2.55. The number of carbonyl (C=O) groups excluding carboxylic acids is 6. The first kappa shape index (κ1) is 46.1. The summed E-state index contributed by atoms with van der Waals surface area (Å²) >= 11 is 0. The SMILES string of the molecule is CC(=O)O[C@@H]1[C@@H](OC(C)=O)[C@H](NC(=O)CCNC(=O)OCC2c3ccccc3-c3ccccc32)O[C@H](C(=O)NC(CCC(=O)O)(CCC(=O)O)CCC(=O)O)[C@H]1OC(C)=O. The molecule has 60 heavy (non-hydrogen) atoms. The van der Waals surface area contributed by atoms with Crippen molar-refractivity contribution in [2.45, 2.75) is 108 Å². The Kier molecular flexibility index (Phi) is 16.1. The van der Waals surface area contributed by atoms with Gasteiger partial charge in [0.15, 0.2) is 30.6 Å². The summed E-state index contributed by atoms with van der Waals surface area (Å²) in [4.78, 5) is 112. The van der Waals surface area contributed by atoms with Crippen molar-refractivity contribution in [2.75, 3.05) is 13.2 Å². The third-order valence-electron chi connectivity index (χ3n) is 9.81. The second kappa shape index (κ2) is 20.9. The van der Waals surface area contributed by atoms with Crippen LogP contribution in [0.4, 0.5) is 4.79 Å². The lowest BCUT2D eigenvalue weighted by Gasteiger charge is -2.45. The average Bonchev–Trinajstić information content (AvgIpc) is 3.49. The molecule has 6 N–H and O–H groups in total. The van der Waals surface area contributed by atoms with Gasteiger partial charge in [-0.2, -0.15) is 0 Å². The number of carboxylic acid groups (broad SMARTS) is 3. The van der Waals surface area contributed by atoms with Crippen LogP contribution in [0.1, 0.15) is 82.8 Å². The first-order valence-electron chi connectivity index (χ1n) is 18.9. The molecule has 20 heteroatoms. The number of carboxylic acids is 3. The number of carbonyl (C=O) groups is 9. The molecule has 0 saturated carbocycles. The Labute approximate surface area is 343 Å². The number of fused-ring (bicyclic) bond motifs is 3. The molecular weight excluding hydrogens is 794 g/mol. The zero-order valence-electron chi connectivity index (χ0n) is 33.0. The summed E-state index contributed by atoms with van der Waals surface area (Å²) in [7, 11) is 0. The number of hydrogen-bond acceptors (Lipinski definition) is 14. The fourth-order valence-corrected chi connectivity index (χ4v) is 7.23. The van der Waals surface area contributed by atoms with E-state index in [1.807, 2.05) is 48.5 Å². The topological polar surface area (TPSA) is 297 Å². The zero-order valence-corrected chi connectivity index (χ0v) is 33.0. The highest BCUT2D eigenvalue weighted by molar-refractivity contribution is 5.84. The van der Waals surface area contributed by atoms with Gasteiger partial charge in [-0.05, 0) is 41.5 Å². The number of alkyl carbamates (subject to hydrolysis) is 1. The maximum atomic E-state index is 14.2. The molecule has 0 bridgehead atoms. The van der Waals surface area contributed by atoms with Crippen LogP contribution in [0.15, 0.2) is 48.5 Å². The second-order valence-electron chi connectivity index (χ2n) is 14.2. The lowest BCUT2D eigenvalue weighted by atomic mass is 9.83. The quantitative estimate of drug-likeness (QED) is 0.0821. The molecule has 1 saturated heterocycles. The van der Waals surface area contributed by atoms with Crippen molar-refractivity contribution in [3.63, 3.8) is 0 Å². The number of esters is 3. The molecule has 0 spiro atoms. The van der Waals surface area contributed by atoms with Gasteiger partial charge in [0.25, 0.3) is 5.91 Å². The minimum atomic E-state index is -2.03. The molecule has 3 amide bonds. The van der Waals surface area contributed by atoms with E-state index in [0.29, 0.717) is 0 Å². The van der Waals surface area contributed by atoms with E-state index >= 15 is 0 Å². The van der Waals surface area contributed by atoms with Crippen LogP contribution in [-0.2, 0) is 62.0 Å². The average molecular weight is 842 g/mol. The fourth-order valence-electron chi connectivity index (χ4n) is 7.23. The smallest absolute Gasteiger partial charge is 0.407 e. The first-order valence-corrected chi connectivity index (χ1v) is 18.9. The predicted octanol–water partition coefficient (Wildman–Crippen LogP) is 2.00. The maximum absolute atomic E-state index is 14.2. The van der Waals surface area contributed by atoms with Crippen molar-refractivity contribution >= 4 is 53.7 Å². The highest BCUT2D eigenvalue weighted by atomic mass is 16.7. The van der Waals surface area contributed by atoms with E-state index in [1.54, 1.807) is 0 Å². The van der Waals surface area contributed by atoms with Gasteiger partial charge in [-0.3, -0.25) is 38.4 Å². The lowest BCUT2D eigenvalue weighted by Crippen LogP contribution is -2.69. The first-order chi connectivity index (χ1) is 28.4. The zero-order chi connectivity index (χ0) is 44.1. The van der Waals surface area contributed by atoms with E-state index in [1.165, 1.54) is 0 Å². The molecule has 0 aromatic heterocycles. The van der Waals surface area contributed by atoms with Crippen LogP contribution in [0, 0.1) is 0 Å². The summed E-state index contributed by atoms with van der Waals surface area (Å²) in [6.45, 7) is 2.59. The summed E-state index contributed by atoms with van der Waals surface area (Å²) in [5, 5.41) is 35.7. The molecule has 324 valence electrons. The van der Waals surface area contributed by atoms with Gasteiger partial charge < -0.3 is 55.0 Å². The van der Waals surface area contributed by atoms with Gasteiger partial charge >= 0.3 is 41.9 Å². The lowest BCUT2D eigenvalue weighted by molar-refractivity contribution is -0.248. The molecule has 1 heterocycles. The molecule has 2 aromatic rings. The number of nitrogens with one attached hydrogen (secondary N) is 3. The molecular formula is C40H47N3O17. The Morgan fingerprint density at radius 1 is 0.650 bits per heavy atom. The Bertz CT molecular complexity index is 1880. The van der Waals surface area contributed by atoms with Crippen molar-refractivity contribution in [2.24, 2.45) is 0 Å². The maximum Gasteiger partial charge on any atom is 0.407 e. The molecule has 1 aliphatic heterocycles. The van der Waals surface area contributed by atoms with E-state index in [0.717, 1.165) is 43.0 Å². The largest absolute Gasteiger partial charge is 0.481 e. The highest BCUT2D eigenvalue weighted by Crippen LogP contribution is 2.44. The second-order valence-corrected chi connectivity index (χ2v) is 14.2. The van der Waals surface area contributed by atoms with Crippen LogP contribution in [-0.4, -0.2) is 118 Å². The number of amides is 3. The van der Waals surface area contributed by atoms with E-state index < -0.39 is 135 Å². The van der Waals surface area contributed by atoms with Crippen LogP contribution in [0.2, 0.25) is 0 Å². The van der Waals surface area contributed by atoms with Crippen LogP contribution in [0.3, 0.4) is 0 Å². The molecule has 2 aliphatic rings. The third kappa shape index (κ3) is 12.7. The number of benzene rings is 2. The monoisotopic (exact) mass is 841 g/mol. The molecule has 0 radical (unpaired) electrons. The Hall–Kier alpha value is -6.57. The van der Waals surface area contributed by atoms with Crippen molar-refractivity contribution < 1.29 is 82.2 Å². The summed E-state index contributed by atoms with van der Waals surface area (Å²) in [5.41, 5.74) is 2.24. The molecule has 4 rings (SSSR count). The van der Waals surface area contributed by atoms with E-state index in [4.69, 9.17) is 23.7 Å². The minimum Gasteiger partial charge on any atom is -0.481 e. The Morgan fingerprint density at radius 2 is 1.12 bits per heavy atom. The summed E-state index contributed by atoms with van der Waals surface area (Å²) in [5.74, 6) is -9.34. The molecule has 1 fully saturated rings. The molecule has 2 aromatic carbocycles. The summed E-state index contributed by atoms with van der Waals surface area (Å²) in [6, 6.07) is 15.5. The molecule has 5 atom stereocenters. The van der Waals surface area contributed by atoms with Gasteiger partial charge in [0.05, 0.1) is 0 Å². The van der Waals surface area contributed by atoms with Gasteiger partial charge in [-0.1, -0.05) is 48.5 Å².